The zero-order valence-corrected chi connectivity index (χ0v) is 15.8. The zero-order valence-electron chi connectivity index (χ0n) is 14.1. The average molecular weight is 375 g/mol. The molecule has 0 unspecified atom stereocenters. The van der Waals surface area contributed by atoms with Gasteiger partial charge in [-0.15, -0.1) is 16.6 Å². The highest BCUT2D eigenvalue weighted by molar-refractivity contribution is 7.99. The molecule has 0 spiro atoms. The van der Waals surface area contributed by atoms with E-state index in [1.807, 2.05) is 27.1 Å². The van der Waals surface area contributed by atoms with Crippen molar-refractivity contribution in [2.75, 3.05) is 26.4 Å². The molecule has 0 saturated heterocycles. The standard InChI is InChI=1S/C14H17N9S2/c1-5-8-24-13-16-12-15-10(2)9-11(23(12)18-13)25-14-17-19-20-22(14)7-6-21(3)4/h1,9H,6-8H2,2-4H3. The topological polar surface area (TPSA) is 89.9 Å². The summed E-state index contributed by atoms with van der Waals surface area (Å²) < 4.78 is 3.47. The van der Waals surface area contributed by atoms with Gasteiger partial charge >= 0.3 is 0 Å². The Morgan fingerprint density at radius 2 is 2.16 bits per heavy atom. The minimum atomic E-state index is 0.515. The van der Waals surface area contributed by atoms with E-state index in [-0.39, 0.29) is 0 Å². The molecule has 0 fully saturated rings. The maximum atomic E-state index is 5.30. The normalized spacial score (nSPS) is 11.3. The van der Waals surface area contributed by atoms with Gasteiger partial charge in [0.1, 0.15) is 5.03 Å². The number of fused-ring (bicyclic) bond motifs is 1. The smallest absolute Gasteiger partial charge is 0.254 e. The van der Waals surface area contributed by atoms with Crippen molar-refractivity contribution in [2.24, 2.45) is 0 Å². The zero-order chi connectivity index (χ0) is 17.8. The summed E-state index contributed by atoms with van der Waals surface area (Å²) in [7, 11) is 4.02. The van der Waals surface area contributed by atoms with Crippen LogP contribution >= 0.6 is 23.5 Å². The number of thioether (sulfide) groups is 1. The molecule has 130 valence electrons. The predicted molar refractivity (Wildman–Crippen MR) is 95.6 cm³/mol. The summed E-state index contributed by atoms with van der Waals surface area (Å²) in [6, 6.07) is 1.94. The Labute approximate surface area is 153 Å². The molecule has 3 aromatic rings. The van der Waals surface area contributed by atoms with Crippen LogP contribution in [-0.2, 0) is 6.54 Å². The van der Waals surface area contributed by atoms with E-state index in [4.69, 9.17) is 6.42 Å². The lowest BCUT2D eigenvalue weighted by Gasteiger charge is -2.10. The van der Waals surface area contributed by atoms with Crippen molar-refractivity contribution in [3.05, 3.63) is 11.8 Å². The molecule has 0 bridgehead atoms. The fraction of sp³-hybridized carbons (Fsp3) is 0.429. The number of terminal acetylenes is 1. The Bertz CT molecular complexity index is 909. The summed E-state index contributed by atoms with van der Waals surface area (Å²) in [6.07, 6.45) is 5.30. The van der Waals surface area contributed by atoms with Crippen molar-refractivity contribution >= 4 is 29.3 Å². The van der Waals surface area contributed by atoms with Gasteiger partial charge in [0.2, 0.25) is 10.3 Å². The summed E-state index contributed by atoms with van der Waals surface area (Å²) in [4.78, 5) is 10.9. The van der Waals surface area contributed by atoms with Crippen LogP contribution in [0.2, 0.25) is 0 Å². The second-order valence-electron chi connectivity index (χ2n) is 5.42. The number of hydrogen-bond donors (Lipinski definition) is 0. The monoisotopic (exact) mass is 375 g/mol. The first kappa shape index (κ1) is 17.7. The largest absolute Gasteiger partial charge is 0.308 e. The highest BCUT2D eigenvalue weighted by Crippen LogP contribution is 2.26. The van der Waals surface area contributed by atoms with Crippen LogP contribution < -0.4 is 0 Å². The Morgan fingerprint density at radius 1 is 1.32 bits per heavy atom. The maximum absolute atomic E-state index is 5.30. The number of aryl methyl sites for hydroxylation is 1. The molecule has 3 heterocycles. The van der Waals surface area contributed by atoms with E-state index in [0.717, 1.165) is 17.3 Å². The van der Waals surface area contributed by atoms with E-state index >= 15 is 0 Å². The van der Waals surface area contributed by atoms with E-state index in [1.165, 1.54) is 23.5 Å². The molecule has 0 atom stereocenters. The molecule has 0 aromatic carbocycles. The van der Waals surface area contributed by atoms with Crippen molar-refractivity contribution in [3.8, 4) is 12.3 Å². The first-order valence-electron chi connectivity index (χ1n) is 7.46. The van der Waals surface area contributed by atoms with Gasteiger partial charge in [-0.3, -0.25) is 0 Å². The Kier molecular flexibility index (Phi) is 5.52. The van der Waals surface area contributed by atoms with Gasteiger partial charge in [-0.2, -0.15) is 9.50 Å². The molecule has 0 aliphatic rings. The summed E-state index contributed by atoms with van der Waals surface area (Å²) in [5.41, 5.74) is 0.850. The van der Waals surface area contributed by atoms with E-state index in [2.05, 4.69) is 41.4 Å². The molecule has 0 aliphatic heterocycles. The molecule has 0 amide bonds. The summed E-state index contributed by atoms with van der Waals surface area (Å²) in [6.45, 7) is 3.47. The SMILES string of the molecule is C#CCSc1nc2nc(C)cc(Sc3nnnn3CCN(C)C)n2n1. The molecule has 9 nitrogen and oxygen atoms in total. The Morgan fingerprint density at radius 3 is 2.92 bits per heavy atom. The van der Waals surface area contributed by atoms with Crippen LogP contribution in [0.5, 0.6) is 0 Å². The van der Waals surface area contributed by atoms with Gasteiger partial charge in [-0.05, 0) is 49.3 Å². The second kappa shape index (κ2) is 7.81. The van der Waals surface area contributed by atoms with Crippen LogP contribution in [0.4, 0.5) is 0 Å². The van der Waals surface area contributed by atoms with Gasteiger partial charge in [0.25, 0.3) is 5.78 Å². The van der Waals surface area contributed by atoms with Crippen molar-refractivity contribution < 1.29 is 0 Å². The van der Waals surface area contributed by atoms with Crippen LogP contribution in [0.3, 0.4) is 0 Å². The summed E-state index contributed by atoms with van der Waals surface area (Å²) in [5, 5.41) is 18.6. The van der Waals surface area contributed by atoms with E-state index < -0.39 is 0 Å². The minimum Gasteiger partial charge on any atom is -0.308 e. The first-order valence-corrected chi connectivity index (χ1v) is 9.26. The van der Waals surface area contributed by atoms with E-state index in [9.17, 15) is 0 Å². The third-order valence-corrected chi connectivity index (χ3v) is 4.84. The number of hydrogen-bond acceptors (Lipinski definition) is 9. The molecule has 0 saturated carbocycles. The van der Waals surface area contributed by atoms with Gasteiger partial charge in [0, 0.05) is 12.2 Å². The van der Waals surface area contributed by atoms with Crippen LogP contribution in [0.1, 0.15) is 5.69 Å². The van der Waals surface area contributed by atoms with Gasteiger partial charge in [-0.25, -0.2) is 9.67 Å². The second-order valence-corrected chi connectivity index (χ2v) is 7.35. The Balaban J connectivity index is 1.90. The maximum Gasteiger partial charge on any atom is 0.254 e. The molecule has 0 radical (unpaired) electrons. The van der Waals surface area contributed by atoms with Gasteiger partial charge in [-0.1, -0.05) is 17.7 Å². The lowest BCUT2D eigenvalue weighted by Crippen LogP contribution is -2.19. The number of aromatic nitrogens is 8. The van der Waals surface area contributed by atoms with Gasteiger partial charge in [0.05, 0.1) is 12.3 Å². The van der Waals surface area contributed by atoms with Crippen LogP contribution in [0, 0.1) is 19.3 Å². The van der Waals surface area contributed by atoms with Crippen LogP contribution in [0.15, 0.2) is 21.4 Å². The van der Waals surface area contributed by atoms with Crippen molar-refractivity contribution in [2.45, 2.75) is 28.8 Å². The van der Waals surface area contributed by atoms with Gasteiger partial charge in [0.15, 0.2) is 0 Å². The number of nitrogens with zero attached hydrogens (tertiary/aromatic N) is 9. The van der Waals surface area contributed by atoms with Crippen LogP contribution in [-0.4, -0.2) is 71.1 Å². The molecule has 25 heavy (non-hydrogen) atoms. The highest BCUT2D eigenvalue weighted by Gasteiger charge is 2.15. The molecular formula is C14H17N9S2. The molecule has 3 rings (SSSR count). The van der Waals surface area contributed by atoms with E-state index in [1.54, 1.807) is 9.20 Å². The number of tetrazole rings is 1. The molecule has 0 N–H and O–H groups in total. The molecular weight excluding hydrogens is 358 g/mol. The molecule has 3 aromatic heterocycles. The molecule has 0 aliphatic carbocycles. The van der Waals surface area contributed by atoms with Gasteiger partial charge < -0.3 is 4.90 Å². The summed E-state index contributed by atoms with van der Waals surface area (Å²) in [5.74, 6) is 3.62. The van der Waals surface area contributed by atoms with Crippen molar-refractivity contribution in [1.29, 1.82) is 0 Å². The number of rotatable bonds is 7. The lowest BCUT2D eigenvalue weighted by atomic mass is 10.5. The highest BCUT2D eigenvalue weighted by atomic mass is 32.2. The quantitative estimate of drug-likeness (QED) is 0.339. The number of likely N-dealkylation sites (N-methyl/N-ethyl adjacent to an activating group) is 1. The fourth-order valence-electron chi connectivity index (χ4n) is 1.97. The Hall–Kier alpha value is -2.16. The first-order chi connectivity index (χ1) is 12.1. The third-order valence-electron chi connectivity index (χ3n) is 3.13. The minimum absolute atomic E-state index is 0.515. The third kappa shape index (κ3) is 4.28. The van der Waals surface area contributed by atoms with Crippen molar-refractivity contribution in [3.63, 3.8) is 0 Å². The average Bonchev–Trinajstić information content (AvgIpc) is 3.17. The summed E-state index contributed by atoms with van der Waals surface area (Å²) >= 11 is 2.84. The van der Waals surface area contributed by atoms with Crippen molar-refractivity contribution in [1.82, 2.24) is 44.7 Å². The predicted octanol–water partition coefficient (Wildman–Crippen LogP) is 0.857. The van der Waals surface area contributed by atoms with E-state index in [0.29, 0.717) is 28.4 Å². The molecule has 11 heteroatoms. The fourth-order valence-corrected chi connectivity index (χ4v) is 3.41. The van der Waals surface area contributed by atoms with Crippen LogP contribution in [0.25, 0.3) is 5.78 Å². The lowest BCUT2D eigenvalue weighted by molar-refractivity contribution is 0.361.